The second-order valence-corrected chi connectivity index (χ2v) is 11.6. The van der Waals surface area contributed by atoms with Gasteiger partial charge in [0.25, 0.3) is 11.5 Å². The molecule has 1 aliphatic rings. The maximum absolute atomic E-state index is 13.9. The average molecular weight is 668 g/mol. The molecule has 0 fully saturated rings. The molecule has 1 atom stereocenters. The lowest BCUT2D eigenvalue weighted by molar-refractivity contribution is -0.127. The molecule has 6 nitrogen and oxygen atoms in total. The van der Waals surface area contributed by atoms with Gasteiger partial charge in [-0.15, -0.1) is 0 Å². The second-order valence-electron chi connectivity index (χ2n) is 8.35. The van der Waals surface area contributed by atoms with Gasteiger partial charge in [0.1, 0.15) is 5.75 Å². The van der Waals surface area contributed by atoms with Crippen LogP contribution < -0.4 is 19.6 Å². The van der Waals surface area contributed by atoms with Gasteiger partial charge in [-0.2, -0.15) is 0 Å². The van der Waals surface area contributed by atoms with E-state index in [1.807, 2.05) is 58.0 Å². The van der Waals surface area contributed by atoms with Crippen molar-refractivity contribution in [2.45, 2.75) is 33.7 Å². The van der Waals surface area contributed by atoms with Crippen molar-refractivity contribution in [2.75, 3.05) is 19.7 Å². The van der Waals surface area contributed by atoms with E-state index in [9.17, 15) is 9.59 Å². The monoisotopic (exact) mass is 665 g/mol. The van der Waals surface area contributed by atoms with E-state index in [2.05, 4.69) is 31.9 Å². The maximum atomic E-state index is 13.9. The van der Waals surface area contributed by atoms with Gasteiger partial charge < -0.3 is 9.64 Å². The number of hydrogen-bond donors (Lipinski definition) is 0. The fraction of sp³-hybridized carbons (Fsp3) is 0.296. The SMILES string of the molecule is CCOc1c(Br)cc(Br)cc1/C=c1/sc2n(c1=O)[C@@H](c1ccc(Cl)cc1)C(C(=O)N(CC)CC)=C(C)N=2. The smallest absolute Gasteiger partial charge is 0.271 e. The summed E-state index contributed by atoms with van der Waals surface area (Å²) >= 11 is 14.5. The summed E-state index contributed by atoms with van der Waals surface area (Å²) in [6.07, 6.45) is 1.81. The number of likely N-dealkylation sites (N-methyl/N-ethyl adjacent to an activating group) is 1. The predicted molar refractivity (Wildman–Crippen MR) is 156 cm³/mol. The fourth-order valence-corrected chi connectivity index (χ4v) is 6.90. The van der Waals surface area contributed by atoms with Crippen LogP contribution in [0.25, 0.3) is 6.08 Å². The van der Waals surface area contributed by atoms with Crippen LogP contribution in [0.15, 0.2) is 66.4 Å². The minimum absolute atomic E-state index is 0.130. The Labute approximate surface area is 241 Å². The van der Waals surface area contributed by atoms with Crippen LogP contribution in [-0.2, 0) is 4.79 Å². The van der Waals surface area contributed by atoms with E-state index < -0.39 is 6.04 Å². The van der Waals surface area contributed by atoms with Gasteiger partial charge in [0.05, 0.1) is 32.9 Å². The Balaban J connectivity index is 1.98. The zero-order chi connectivity index (χ0) is 26.9. The van der Waals surface area contributed by atoms with Gasteiger partial charge in [0.2, 0.25) is 0 Å². The molecule has 2 heterocycles. The first-order valence-electron chi connectivity index (χ1n) is 11.9. The van der Waals surface area contributed by atoms with Crippen LogP contribution >= 0.6 is 54.8 Å². The molecule has 0 saturated carbocycles. The topological polar surface area (TPSA) is 63.9 Å². The van der Waals surface area contributed by atoms with Crippen LogP contribution in [0.5, 0.6) is 5.75 Å². The van der Waals surface area contributed by atoms with E-state index in [0.717, 1.165) is 20.1 Å². The third-order valence-corrected chi connectivity index (χ3v) is 8.38. The van der Waals surface area contributed by atoms with E-state index >= 15 is 0 Å². The molecule has 0 bridgehead atoms. The molecule has 4 rings (SSSR count). The maximum Gasteiger partial charge on any atom is 0.271 e. The standard InChI is InChI=1S/C27H26Br2ClN3O3S/c1-5-32(6-2)26(35)22-15(4)31-27-33(23(22)16-8-10-19(30)11-9-16)25(34)21(37-27)13-17-12-18(28)14-20(29)24(17)36-7-3/h8-14,23H,5-7H2,1-4H3/b21-13+/t23-/m0/s1. The van der Waals surface area contributed by atoms with Crippen LogP contribution in [0.4, 0.5) is 0 Å². The number of ether oxygens (including phenoxy) is 1. The molecule has 37 heavy (non-hydrogen) atoms. The Kier molecular flexibility index (Phi) is 8.78. The Bertz CT molecular complexity index is 1560. The van der Waals surface area contributed by atoms with Gasteiger partial charge in [-0.1, -0.05) is 51.0 Å². The summed E-state index contributed by atoms with van der Waals surface area (Å²) < 4.78 is 9.61. The third-order valence-electron chi connectivity index (χ3n) is 6.10. The molecule has 0 unspecified atom stereocenters. The van der Waals surface area contributed by atoms with E-state index in [0.29, 0.717) is 51.1 Å². The van der Waals surface area contributed by atoms with Crippen molar-refractivity contribution in [3.8, 4) is 5.75 Å². The lowest BCUT2D eigenvalue weighted by Crippen LogP contribution is -2.43. The van der Waals surface area contributed by atoms with Crippen molar-refractivity contribution in [2.24, 2.45) is 4.99 Å². The number of halogens is 3. The van der Waals surface area contributed by atoms with Crippen molar-refractivity contribution in [1.29, 1.82) is 0 Å². The van der Waals surface area contributed by atoms with Crippen LogP contribution in [0, 0.1) is 0 Å². The number of fused-ring (bicyclic) bond motifs is 1. The number of rotatable bonds is 7. The van der Waals surface area contributed by atoms with Crippen molar-refractivity contribution < 1.29 is 9.53 Å². The normalized spacial score (nSPS) is 15.4. The van der Waals surface area contributed by atoms with Crippen molar-refractivity contribution >= 4 is 66.8 Å². The van der Waals surface area contributed by atoms with E-state index in [-0.39, 0.29) is 11.5 Å². The molecule has 0 spiro atoms. The Morgan fingerprint density at radius 3 is 2.49 bits per heavy atom. The van der Waals surface area contributed by atoms with E-state index in [1.165, 1.54) is 11.3 Å². The molecule has 1 aliphatic heterocycles. The highest BCUT2D eigenvalue weighted by Crippen LogP contribution is 2.34. The lowest BCUT2D eigenvalue weighted by Gasteiger charge is -2.29. The van der Waals surface area contributed by atoms with Crippen LogP contribution in [0.1, 0.15) is 44.9 Å². The number of carbonyl (C=O) groups excluding carboxylic acids is 1. The molecular weight excluding hydrogens is 642 g/mol. The van der Waals surface area contributed by atoms with Crippen LogP contribution in [-0.4, -0.2) is 35.1 Å². The highest BCUT2D eigenvalue weighted by atomic mass is 79.9. The summed E-state index contributed by atoms with van der Waals surface area (Å²) in [6, 6.07) is 10.5. The van der Waals surface area contributed by atoms with Gasteiger partial charge in [-0.25, -0.2) is 4.99 Å². The molecule has 1 amide bonds. The van der Waals surface area contributed by atoms with Gasteiger partial charge in [-0.3, -0.25) is 14.2 Å². The molecule has 0 N–H and O–H groups in total. The largest absolute Gasteiger partial charge is 0.492 e. The quantitative estimate of drug-likeness (QED) is 0.326. The first kappa shape index (κ1) is 27.8. The molecule has 10 heteroatoms. The first-order valence-corrected chi connectivity index (χ1v) is 14.7. The lowest BCUT2D eigenvalue weighted by atomic mass is 9.94. The van der Waals surface area contributed by atoms with Gasteiger partial charge in [0.15, 0.2) is 4.80 Å². The minimum atomic E-state index is -0.621. The van der Waals surface area contributed by atoms with E-state index in [1.54, 1.807) is 21.6 Å². The summed E-state index contributed by atoms with van der Waals surface area (Å²) in [5.41, 5.74) is 2.42. The number of allylic oxidation sites excluding steroid dienone is 1. The average Bonchev–Trinajstić information content (AvgIpc) is 3.16. The molecule has 194 valence electrons. The molecule has 0 radical (unpaired) electrons. The number of carbonyl (C=O) groups is 1. The molecule has 0 saturated heterocycles. The molecule has 3 aromatic rings. The molecule has 0 aliphatic carbocycles. The number of hydrogen-bond acceptors (Lipinski definition) is 5. The highest BCUT2D eigenvalue weighted by Gasteiger charge is 2.34. The summed E-state index contributed by atoms with van der Waals surface area (Å²) in [5.74, 6) is 0.523. The highest BCUT2D eigenvalue weighted by molar-refractivity contribution is 9.11. The predicted octanol–water partition coefficient (Wildman–Crippen LogP) is 5.68. The summed E-state index contributed by atoms with van der Waals surface area (Å²) in [5, 5.41) is 0.581. The van der Waals surface area contributed by atoms with Crippen LogP contribution in [0.3, 0.4) is 0 Å². The number of nitrogens with zero attached hydrogens (tertiary/aromatic N) is 3. The summed E-state index contributed by atoms with van der Waals surface area (Å²) in [7, 11) is 0. The zero-order valence-electron chi connectivity index (χ0n) is 20.8. The summed E-state index contributed by atoms with van der Waals surface area (Å²) in [4.78, 5) is 34.6. The summed E-state index contributed by atoms with van der Waals surface area (Å²) in [6.45, 7) is 9.22. The number of aromatic nitrogens is 1. The van der Waals surface area contributed by atoms with Gasteiger partial charge in [-0.05, 0) is 79.5 Å². The number of benzene rings is 2. The molecular formula is C27H26Br2ClN3O3S. The van der Waals surface area contributed by atoms with Crippen molar-refractivity contribution in [1.82, 2.24) is 9.47 Å². The third kappa shape index (κ3) is 5.50. The zero-order valence-corrected chi connectivity index (χ0v) is 25.6. The van der Waals surface area contributed by atoms with Gasteiger partial charge in [0, 0.05) is 28.1 Å². The van der Waals surface area contributed by atoms with Crippen molar-refractivity contribution in [3.05, 3.63) is 92.5 Å². The molecule has 2 aromatic carbocycles. The Hall–Kier alpha value is -2.20. The second kappa shape index (κ2) is 11.7. The number of thiazole rings is 1. The first-order chi connectivity index (χ1) is 17.7. The minimum Gasteiger partial charge on any atom is -0.492 e. The number of amides is 1. The molecule has 1 aromatic heterocycles. The fourth-order valence-electron chi connectivity index (χ4n) is 4.36. The van der Waals surface area contributed by atoms with E-state index in [4.69, 9.17) is 21.3 Å². The van der Waals surface area contributed by atoms with Gasteiger partial charge >= 0.3 is 0 Å². The van der Waals surface area contributed by atoms with Crippen molar-refractivity contribution in [3.63, 3.8) is 0 Å². The Morgan fingerprint density at radius 1 is 1.19 bits per heavy atom. The van der Waals surface area contributed by atoms with Crippen LogP contribution in [0.2, 0.25) is 5.02 Å². The Morgan fingerprint density at radius 2 is 1.86 bits per heavy atom.